The molecule has 1 saturated carbocycles. The highest BCUT2D eigenvalue weighted by Gasteiger charge is 2.81. The Kier molecular flexibility index (Phi) is 3.65. The van der Waals surface area contributed by atoms with Crippen molar-refractivity contribution in [1.82, 2.24) is 0 Å². The number of rotatable bonds is 2. The van der Waals surface area contributed by atoms with Gasteiger partial charge in [0.25, 0.3) is 0 Å². The minimum absolute atomic E-state index is 0.496. The average Bonchev–Trinajstić information content (AvgIpc) is 3.20. The van der Waals surface area contributed by atoms with Crippen LogP contribution in [-0.4, -0.2) is 0 Å². The molecular formula is C18H9BrClN3. The Labute approximate surface area is 147 Å². The van der Waals surface area contributed by atoms with E-state index >= 15 is 0 Å². The van der Waals surface area contributed by atoms with Crippen LogP contribution < -0.4 is 0 Å². The molecule has 0 heterocycles. The van der Waals surface area contributed by atoms with Gasteiger partial charge in [0.1, 0.15) is 5.41 Å². The first-order valence-corrected chi connectivity index (χ1v) is 7.98. The molecule has 3 nitrogen and oxygen atoms in total. The lowest BCUT2D eigenvalue weighted by Crippen LogP contribution is -2.14. The first-order valence-electron chi connectivity index (χ1n) is 6.81. The monoisotopic (exact) mass is 381 g/mol. The maximum atomic E-state index is 9.87. The Hall–Kier alpha value is -2.32. The van der Waals surface area contributed by atoms with Crippen LogP contribution in [0.25, 0.3) is 0 Å². The molecule has 2 atom stereocenters. The molecule has 0 N–H and O–H groups in total. The maximum Gasteiger partial charge on any atom is 0.175 e. The van der Waals surface area contributed by atoms with Crippen LogP contribution in [0.4, 0.5) is 0 Å². The molecule has 0 spiro atoms. The topological polar surface area (TPSA) is 71.4 Å². The third-order valence-electron chi connectivity index (χ3n) is 4.44. The number of nitrogens with zero attached hydrogens (tertiary/aromatic N) is 3. The predicted molar refractivity (Wildman–Crippen MR) is 89.3 cm³/mol. The van der Waals surface area contributed by atoms with Crippen molar-refractivity contribution in [2.24, 2.45) is 5.41 Å². The van der Waals surface area contributed by atoms with Crippen LogP contribution >= 0.6 is 27.5 Å². The summed E-state index contributed by atoms with van der Waals surface area (Å²) in [7, 11) is 0. The zero-order valence-corrected chi connectivity index (χ0v) is 14.1. The Morgan fingerprint density at radius 3 is 1.91 bits per heavy atom. The van der Waals surface area contributed by atoms with Crippen molar-refractivity contribution >= 4 is 27.5 Å². The molecule has 5 heteroatoms. The van der Waals surface area contributed by atoms with Gasteiger partial charge in [0, 0.05) is 15.4 Å². The molecule has 0 saturated heterocycles. The van der Waals surface area contributed by atoms with Crippen LogP contribution in [0.1, 0.15) is 17.0 Å². The quantitative estimate of drug-likeness (QED) is 0.756. The summed E-state index contributed by atoms with van der Waals surface area (Å²) >= 11 is 9.28. The third-order valence-corrected chi connectivity index (χ3v) is 5.22. The van der Waals surface area contributed by atoms with Gasteiger partial charge in [-0.2, -0.15) is 15.8 Å². The molecule has 0 unspecified atom stereocenters. The van der Waals surface area contributed by atoms with Crippen molar-refractivity contribution in [3.63, 3.8) is 0 Å². The van der Waals surface area contributed by atoms with Crippen LogP contribution in [0.3, 0.4) is 0 Å². The minimum Gasteiger partial charge on any atom is -0.197 e. The smallest absolute Gasteiger partial charge is 0.175 e. The molecule has 110 valence electrons. The summed E-state index contributed by atoms with van der Waals surface area (Å²) in [5, 5.41) is 29.7. The number of nitriles is 3. The van der Waals surface area contributed by atoms with Gasteiger partial charge >= 0.3 is 0 Å². The van der Waals surface area contributed by atoms with Gasteiger partial charge in [-0.15, -0.1) is 0 Å². The van der Waals surface area contributed by atoms with Gasteiger partial charge in [-0.1, -0.05) is 51.8 Å². The lowest BCUT2D eigenvalue weighted by Gasteiger charge is -2.10. The molecule has 0 aromatic heterocycles. The molecular weight excluding hydrogens is 374 g/mol. The van der Waals surface area contributed by atoms with Crippen LogP contribution in [-0.2, 0) is 5.41 Å². The molecule has 1 aliphatic rings. The van der Waals surface area contributed by atoms with Gasteiger partial charge in [-0.3, -0.25) is 0 Å². The van der Waals surface area contributed by atoms with Crippen LogP contribution in [0, 0.1) is 39.4 Å². The van der Waals surface area contributed by atoms with Gasteiger partial charge in [0.2, 0.25) is 0 Å². The molecule has 1 fully saturated rings. The second-order valence-electron chi connectivity index (χ2n) is 5.44. The summed E-state index contributed by atoms with van der Waals surface area (Å²) in [6.07, 6.45) is 0. The van der Waals surface area contributed by atoms with E-state index in [1.54, 1.807) is 24.3 Å². The lowest BCUT2D eigenvalue weighted by atomic mass is 9.88. The lowest BCUT2D eigenvalue weighted by molar-refractivity contribution is 0.742. The summed E-state index contributed by atoms with van der Waals surface area (Å²) in [6, 6.07) is 20.6. The summed E-state index contributed by atoms with van der Waals surface area (Å²) < 4.78 is 0.899. The molecule has 3 rings (SSSR count). The maximum absolute atomic E-state index is 9.87. The number of benzene rings is 2. The molecule has 2 aromatic carbocycles. The molecule has 0 aliphatic heterocycles. The van der Waals surface area contributed by atoms with Gasteiger partial charge < -0.3 is 0 Å². The fourth-order valence-electron chi connectivity index (χ4n) is 3.28. The number of hydrogen-bond acceptors (Lipinski definition) is 3. The SMILES string of the molecule is N#CC1(C#N)[C@H](c2ccc(Br)cc2)[C@@]1(C#N)c1ccc(Cl)cc1. The van der Waals surface area contributed by atoms with E-state index in [1.165, 1.54) is 0 Å². The van der Waals surface area contributed by atoms with Crippen molar-refractivity contribution in [2.75, 3.05) is 0 Å². The molecule has 0 bridgehead atoms. The van der Waals surface area contributed by atoms with E-state index in [0.717, 1.165) is 10.0 Å². The second kappa shape index (κ2) is 5.39. The van der Waals surface area contributed by atoms with E-state index in [-0.39, 0.29) is 0 Å². The van der Waals surface area contributed by atoms with Gasteiger partial charge in [-0.05, 0) is 35.4 Å². The van der Waals surface area contributed by atoms with Crippen molar-refractivity contribution < 1.29 is 0 Å². The van der Waals surface area contributed by atoms with Crippen LogP contribution in [0.5, 0.6) is 0 Å². The van der Waals surface area contributed by atoms with E-state index in [9.17, 15) is 15.8 Å². The van der Waals surface area contributed by atoms with Crippen molar-refractivity contribution in [3.05, 3.63) is 69.2 Å². The van der Waals surface area contributed by atoms with Crippen LogP contribution in [0.15, 0.2) is 53.0 Å². The highest BCUT2D eigenvalue weighted by Crippen LogP contribution is 2.74. The standard InChI is InChI=1S/C18H9BrClN3/c19-14-5-1-12(2-6-14)16-17(9-21,10-22)18(16,11-23)13-3-7-15(20)8-4-13/h1-8,16H/t16-,18+/m0/s1. The summed E-state index contributed by atoms with van der Waals surface area (Å²) in [5.74, 6) is -0.496. The normalized spacial score (nSPS) is 24.0. The van der Waals surface area contributed by atoms with Crippen molar-refractivity contribution in [2.45, 2.75) is 11.3 Å². The fourth-order valence-corrected chi connectivity index (χ4v) is 3.68. The van der Waals surface area contributed by atoms with E-state index < -0.39 is 16.7 Å². The summed E-state index contributed by atoms with van der Waals surface area (Å²) in [6.45, 7) is 0. The Morgan fingerprint density at radius 1 is 0.870 bits per heavy atom. The molecule has 0 amide bonds. The molecule has 0 radical (unpaired) electrons. The Bertz CT molecular complexity index is 870. The number of hydrogen-bond donors (Lipinski definition) is 0. The van der Waals surface area contributed by atoms with Crippen molar-refractivity contribution in [1.29, 1.82) is 15.8 Å². The third kappa shape index (κ3) is 1.98. The van der Waals surface area contributed by atoms with E-state index in [4.69, 9.17) is 11.6 Å². The second-order valence-corrected chi connectivity index (χ2v) is 6.80. The zero-order chi connectivity index (χ0) is 16.7. The number of halogens is 2. The van der Waals surface area contributed by atoms with Crippen molar-refractivity contribution in [3.8, 4) is 18.2 Å². The zero-order valence-electron chi connectivity index (χ0n) is 11.8. The average molecular weight is 383 g/mol. The first-order chi connectivity index (χ1) is 11.1. The predicted octanol–water partition coefficient (Wildman–Crippen LogP) is 4.69. The van der Waals surface area contributed by atoms with E-state index in [2.05, 4.69) is 34.1 Å². The highest BCUT2D eigenvalue weighted by molar-refractivity contribution is 9.10. The first kappa shape index (κ1) is 15.6. The Morgan fingerprint density at radius 2 is 1.43 bits per heavy atom. The van der Waals surface area contributed by atoms with Gasteiger partial charge in [0.05, 0.1) is 18.2 Å². The van der Waals surface area contributed by atoms with Crippen LogP contribution in [0.2, 0.25) is 5.02 Å². The van der Waals surface area contributed by atoms with Gasteiger partial charge in [0.15, 0.2) is 5.41 Å². The summed E-state index contributed by atoms with van der Waals surface area (Å²) in [4.78, 5) is 0. The molecule has 1 aliphatic carbocycles. The minimum atomic E-state index is -1.40. The van der Waals surface area contributed by atoms with E-state index in [1.807, 2.05) is 24.3 Å². The largest absolute Gasteiger partial charge is 0.197 e. The highest BCUT2D eigenvalue weighted by atomic mass is 79.9. The fraction of sp³-hybridized carbons (Fsp3) is 0.167. The Balaban J connectivity index is 2.21. The molecule has 2 aromatic rings. The summed E-state index contributed by atoms with van der Waals surface area (Å²) in [5.41, 5.74) is -1.15. The molecule has 23 heavy (non-hydrogen) atoms. The van der Waals surface area contributed by atoms with E-state index in [0.29, 0.717) is 10.6 Å². The van der Waals surface area contributed by atoms with Gasteiger partial charge in [-0.25, -0.2) is 0 Å².